The Bertz CT molecular complexity index is 869. The summed E-state index contributed by atoms with van der Waals surface area (Å²) in [4.78, 5) is 6.75. The SMILES string of the molecule is CCCCCC(C)CCCCN(C)CCCn1cnc(C)c1.CCCCCCCCC(CO)CCCCCC.CCCCCCCCCC(C)CCCCCCC.O.O.O. The number of unbranched alkanes of at least 4 members (excludes halogenated alkanes) is 21. The first kappa shape index (κ1) is 68.1. The molecule has 1 rings (SSSR count). The van der Waals surface area contributed by atoms with Crippen LogP contribution in [0.25, 0.3) is 0 Å². The van der Waals surface area contributed by atoms with Crippen LogP contribution in [0.1, 0.15) is 272 Å². The van der Waals surface area contributed by atoms with Crippen molar-refractivity contribution in [2.45, 2.75) is 280 Å². The Morgan fingerprint density at radius 1 is 0.483 bits per heavy atom. The van der Waals surface area contributed by atoms with E-state index >= 15 is 0 Å². The summed E-state index contributed by atoms with van der Waals surface area (Å²) in [7, 11) is 2.25. The predicted molar refractivity (Wildman–Crippen MR) is 270 cm³/mol. The Kier molecular flexibility index (Phi) is 63.6. The maximum Gasteiger partial charge on any atom is 0.0949 e. The second kappa shape index (κ2) is 56.0. The highest BCUT2D eigenvalue weighted by molar-refractivity contribution is 4.91. The van der Waals surface area contributed by atoms with Crippen molar-refractivity contribution in [3.63, 3.8) is 0 Å². The number of hydrogen-bond donors (Lipinski definition) is 1. The lowest BCUT2D eigenvalue weighted by molar-refractivity contribution is 0.204. The van der Waals surface area contributed by atoms with Gasteiger partial charge in [-0.3, -0.25) is 0 Å². The van der Waals surface area contributed by atoms with Gasteiger partial charge in [0.25, 0.3) is 0 Å². The first-order chi connectivity index (χ1) is 27.8. The highest BCUT2D eigenvalue weighted by atomic mass is 16.3. The largest absolute Gasteiger partial charge is 0.412 e. The second-order valence-electron chi connectivity index (χ2n) is 18.7. The van der Waals surface area contributed by atoms with Gasteiger partial charge in [-0.2, -0.15) is 0 Å². The van der Waals surface area contributed by atoms with Crippen LogP contribution in [0.15, 0.2) is 12.5 Å². The van der Waals surface area contributed by atoms with Crippen LogP contribution in [0.2, 0.25) is 0 Å². The fourth-order valence-corrected chi connectivity index (χ4v) is 8.08. The molecule has 7 heteroatoms. The minimum atomic E-state index is 0. The molecule has 1 heterocycles. The van der Waals surface area contributed by atoms with E-state index in [0.29, 0.717) is 12.5 Å². The highest BCUT2D eigenvalue weighted by Crippen LogP contribution is 2.20. The maximum atomic E-state index is 9.32. The molecular formula is C53H115N3O4. The molecule has 0 radical (unpaired) electrons. The molecule has 3 unspecified atom stereocenters. The molecule has 60 heavy (non-hydrogen) atoms. The Labute approximate surface area is 377 Å². The Morgan fingerprint density at radius 3 is 1.18 bits per heavy atom. The van der Waals surface area contributed by atoms with Gasteiger partial charge in [0, 0.05) is 19.3 Å². The van der Waals surface area contributed by atoms with E-state index in [4.69, 9.17) is 0 Å². The number of aryl methyl sites for hydroxylation is 2. The second-order valence-corrected chi connectivity index (χ2v) is 18.7. The van der Waals surface area contributed by atoms with Gasteiger partial charge in [-0.15, -0.1) is 0 Å². The van der Waals surface area contributed by atoms with Crippen LogP contribution in [-0.4, -0.2) is 62.7 Å². The minimum Gasteiger partial charge on any atom is -0.412 e. The molecule has 3 atom stereocenters. The van der Waals surface area contributed by atoms with E-state index < -0.39 is 0 Å². The van der Waals surface area contributed by atoms with Crippen LogP contribution in [0.3, 0.4) is 0 Å². The van der Waals surface area contributed by atoms with Gasteiger partial charge in [0.05, 0.1) is 12.0 Å². The quantitative estimate of drug-likeness (QED) is 0.0658. The summed E-state index contributed by atoms with van der Waals surface area (Å²) in [6, 6.07) is 0. The fraction of sp³-hybridized carbons (Fsp3) is 0.943. The first-order valence-corrected chi connectivity index (χ1v) is 26.0. The molecule has 1 aromatic rings. The molecule has 0 amide bonds. The Morgan fingerprint density at radius 2 is 0.800 bits per heavy atom. The normalized spacial score (nSPS) is 12.2. The van der Waals surface area contributed by atoms with Crippen molar-refractivity contribution in [2.24, 2.45) is 17.8 Å². The first-order valence-electron chi connectivity index (χ1n) is 26.0. The number of aliphatic hydroxyl groups excluding tert-OH is 1. The van der Waals surface area contributed by atoms with Crippen LogP contribution in [0, 0.1) is 24.7 Å². The van der Waals surface area contributed by atoms with Crippen molar-refractivity contribution in [1.82, 2.24) is 14.5 Å². The van der Waals surface area contributed by atoms with Gasteiger partial charge in [-0.25, -0.2) is 4.98 Å². The lowest BCUT2D eigenvalue weighted by atomic mass is 9.95. The maximum absolute atomic E-state index is 9.32. The summed E-state index contributed by atoms with van der Waals surface area (Å²) < 4.78 is 2.20. The Hall–Kier alpha value is -0.990. The van der Waals surface area contributed by atoms with Crippen molar-refractivity contribution in [3.8, 4) is 0 Å². The summed E-state index contributed by atoms with van der Waals surface area (Å²) in [6.45, 7) is 22.2. The fourth-order valence-electron chi connectivity index (χ4n) is 8.08. The molecule has 0 saturated heterocycles. The third-order valence-corrected chi connectivity index (χ3v) is 12.3. The average molecular weight is 859 g/mol. The standard InChI is InChI=1S/C19H37N3.C18H38.C16H34O.3H2O/c1-5-6-7-11-18(2)12-8-9-13-21(4)14-10-15-22-16-19(3)20-17-22;1-4-6-8-10-11-13-15-17-18(3)16-14-12-9-7-5-2;1-3-5-7-9-10-12-14-16(15-17)13-11-8-6-4-2;;;/h16-18H,5-15H2,1-4H3;18H,4-17H2,1-3H3;16-17H,3-15H2,1-2H3;3*1H2. The summed E-state index contributed by atoms with van der Waals surface area (Å²) in [5.74, 6) is 2.47. The van der Waals surface area contributed by atoms with Crippen LogP contribution in [0.5, 0.6) is 0 Å². The molecule has 0 aliphatic heterocycles. The topological polar surface area (TPSA) is 136 Å². The monoisotopic (exact) mass is 858 g/mol. The summed E-state index contributed by atoms with van der Waals surface area (Å²) in [5.41, 5.74) is 1.11. The van der Waals surface area contributed by atoms with E-state index in [2.05, 4.69) is 76.2 Å². The van der Waals surface area contributed by atoms with Crippen LogP contribution < -0.4 is 0 Å². The lowest BCUT2D eigenvalue weighted by Crippen LogP contribution is -2.22. The van der Waals surface area contributed by atoms with Crippen LogP contribution in [-0.2, 0) is 6.54 Å². The number of imidazole rings is 1. The van der Waals surface area contributed by atoms with Crippen LogP contribution >= 0.6 is 0 Å². The molecule has 0 aliphatic rings. The molecule has 1 aromatic heterocycles. The molecule has 0 bridgehead atoms. The third-order valence-electron chi connectivity index (χ3n) is 12.3. The van der Waals surface area contributed by atoms with Gasteiger partial charge in [-0.05, 0) is 70.5 Å². The van der Waals surface area contributed by atoms with Crippen molar-refractivity contribution in [1.29, 1.82) is 0 Å². The molecule has 0 saturated carbocycles. The van der Waals surface area contributed by atoms with Gasteiger partial charge in [-0.1, -0.05) is 241 Å². The molecule has 0 aliphatic carbocycles. The third kappa shape index (κ3) is 53.1. The van der Waals surface area contributed by atoms with Crippen molar-refractivity contribution >= 4 is 0 Å². The number of nitrogens with zero attached hydrogens (tertiary/aromatic N) is 3. The van der Waals surface area contributed by atoms with E-state index in [9.17, 15) is 5.11 Å². The molecular weight excluding hydrogens is 743 g/mol. The van der Waals surface area contributed by atoms with E-state index in [-0.39, 0.29) is 16.4 Å². The van der Waals surface area contributed by atoms with Gasteiger partial charge < -0.3 is 31.0 Å². The minimum absolute atomic E-state index is 0. The zero-order valence-electron chi connectivity index (χ0n) is 42.5. The number of hydrogen-bond acceptors (Lipinski definition) is 3. The summed E-state index contributed by atoms with van der Waals surface area (Å²) in [5, 5.41) is 9.32. The zero-order valence-corrected chi connectivity index (χ0v) is 42.5. The summed E-state index contributed by atoms with van der Waals surface area (Å²) >= 11 is 0. The summed E-state index contributed by atoms with van der Waals surface area (Å²) in [6.07, 6.45) is 51.3. The molecule has 366 valence electrons. The van der Waals surface area contributed by atoms with Crippen molar-refractivity contribution < 1.29 is 21.5 Å². The zero-order chi connectivity index (χ0) is 42.5. The molecule has 0 spiro atoms. The number of aromatic nitrogens is 2. The molecule has 7 nitrogen and oxygen atoms in total. The number of aliphatic hydroxyl groups is 1. The van der Waals surface area contributed by atoms with E-state index in [1.54, 1.807) is 0 Å². The van der Waals surface area contributed by atoms with E-state index in [0.717, 1.165) is 24.1 Å². The molecule has 0 fully saturated rings. The Balaban J connectivity index is -0.000000249. The van der Waals surface area contributed by atoms with Crippen molar-refractivity contribution in [2.75, 3.05) is 26.7 Å². The van der Waals surface area contributed by atoms with Gasteiger partial charge >= 0.3 is 0 Å². The smallest absolute Gasteiger partial charge is 0.0949 e. The van der Waals surface area contributed by atoms with Crippen LogP contribution in [0.4, 0.5) is 0 Å². The van der Waals surface area contributed by atoms with E-state index in [1.165, 1.54) is 231 Å². The van der Waals surface area contributed by atoms with Gasteiger partial charge in [0.15, 0.2) is 0 Å². The predicted octanol–water partition coefficient (Wildman–Crippen LogP) is 14.9. The highest BCUT2D eigenvalue weighted by Gasteiger charge is 2.07. The van der Waals surface area contributed by atoms with Gasteiger partial charge in [0.2, 0.25) is 0 Å². The molecule has 7 N–H and O–H groups in total. The lowest BCUT2D eigenvalue weighted by Gasteiger charge is -2.17. The van der Waals surface area contributed by atoms with Crippen molar-refractivity contribution in [3.05, 3.63) is 18.2 Å². The number of rotatable bonds is 40. The average Bonchev–Trinajstić information content (AvgIpc) is 3.63. The van der Waals surface area contributed by atoms with Gasteiger partial charge in [0.1, 0.15) is 0 Å². The molecule has 0 aromatic carbocycles. The van der Waals surface area contributed by atoms with E-state index in [1.807, 2.05) is 13.3 Å².